The number of hydrogen-bond acceptors (Lipinski definition) is 4. The van der Waals surface area contributed by atoms with Crippen LogP contribution in [0.25, 0.3) is 0 Å². The number of rotatable bonds is 18. The number of ether oxygens (including phenoxy) is 3. The van der Waals surface area contributed by atoms with Crippen LogP contribution in [0.3, 0.4) is 0 Å². The molecule has 0 aromatic carbocycles. The third kappa shape index (κ3) is 12.9. The van der Waals surface area contributed by atoms with Crippen molar-refractivity contribution in [3.05, 3.63) is 0 Å². The van der Waals surface area contributed by atoms with Gasteiger partial charge in [0.2, 0.25) is 0 Å². The lowest BCUT2D eigenvalue weighted by Gasteiger charge is -2.38. The third-order valence-corrected chi connectivity index (χ3v) is 8.09. The molecule has 0 aromatic rings. The molecule has 200 valence electrons. The van der Waals surface area contributed by atoms with Gasteiger partial charge in [0, 0.05) is 13.0 Å². The van der Waals surface area contributed by atoms with E-state index in [1.54, 1.807) is 0 Å². The molecule has 2 fully saturated rings. The van der Waals surface area contributed by atoms with Crippen molar-refractivity contribution < 1.29 is 19.0 Å². The van der Waals surface area contributed by atoms with E-state index < -0.39 is 0 Å². The molecule has 0 radical (unpaired) electrons. The molecule has 4 nitrogen and oxygen atoms in total. The van der Waals surface area contributed by atoms with Crippen molar-refractivity contribution >= 4 is 5.97 Å². The van der Waals surface area contributed by atoms with Crippen LogP contribution in [0.5, 0.6) is 0 Å². The summed E-state index contributed by atoms with van der Waals surface area (Å²) in [5, 5.41) is 0. The quantitative estimate of drug-likeness (QED) is 0.146. The first-order valence-electron chi connectivity index (χ1n) is 15.0. The lowest BCUT2D eigenvalue weighted by atomic mass is 9.72. The van der Waals surface area contributed by atoms with Gasteiger partial charge in [-0.15, -0.1) is 0 Å². The summed E-state index contributed by atoms with van der Waals surface area (Å²) in [6.07, 6.45) is 24.0. The number of unbranched alkanes of at least 4 members (excludes halogenated alkanes) is 8. The Hall–Kier alpha value is -0.610. The highest BCUT2D eigenvalue weighted by Gasteiger charge is 2.31. The highest BCUT2D eigenvalue weighted by molar-refractivity contribution is 5.69. The van der Waals surface area contributed by atoms with Crippen molar-refractivity contribution in [2.45, 2.75) is 161 Å². The van der Waals surface area contributed by atoms with Gasteiger partial charge >= 0.3 is 5.97 Å². The van der Waals surface area contributed by atoms with Crippen molar-refractivity contribution in [2.24, 2.45) is 11.8 Å². The van der Waals surface area contributed by atoms with Crippen LogP contribution in [-0.2, 0) is 19.0 Å². The zero-order valence-electron chi connectivity index (χ0n) is 22.9. The van der Waals surface area contributed by atoms with Crippen molar-refractivity contribution in [3.8, 4) is 0 Å². The maximum absolute atomic E-state index is 11.9. The molecule has 0 aliphatic heterocycles. The predicted molar refractivity (Wildman–Crippen MR) is 141 cm³/mol. The fourth-order valence-electron chi connectivity index (χ4n) is 5.90. The molecule has 0 bridgehead atoms. The van der Waals surface area contributed by atoms with Crippen LogP contribution in [-0.4, -0.2) is 37.5 Å². The Kier molecular flexibility index (Phi) is 16.2. The van der Waals surface area contributed by atoms with Crippen LogP contribution in [0.15, 0.2) is 0 Å². The fourth-order valence-corrected chi connectivity index (χ4v) is 5.90. The zero-order chi connectivity index (χ0) is 24.4. The summed E-state index contributed by atoms with van der Waals surface area (Å²) in [5.41, 5.74) is 0. The predicted octanol–water partition coefficient (Wildman–Crippen LogP) is 8.40. The average Bonchev–Trinajstić information content (AvgIpc) is 2.86. The summed E-state index contributed by atoms with van der Waals surface area (Å²) in [6.45, 7) is 7.87. The molecular weight excluding hydrogens is 424 g/mol. The molecule has 1 atom stereocenters. The maximum Gasteiger partial charge on any atom is 0.305 e. The molecular formula is C30H56O4. The second-order valence-electron chi connectivity index (χ2n) is 11.2. The number of esters is 1. The van der Waals surface area contributed by atoms with Gasteiger partial charge in [-0.3, -0.25) is 4.79 Å². The molecule has 0 heterocycles. The first kappa shape index (κ1) is 29.6. The average molecular weight is 481 g/mol. The highest BCUT2D eigenvalue weighted by Crippen LogP contribution is 2.39. The van der Waals surface area contributed by atoms with Gasteiger partial charge in [-0.05, 0) is 83.0 Å². The molecule has 0 N–H and O–H groups in total. The van der Waals surface area contributed by atoms with E-state index in [0.29, 0.717) is 25.2 Å². The normalized spacial score (nSPS) is 26.3. The molecule has 2 aliphatic carbocycles. The second kappa shape index (κ2) is 18.6. The minimum Gasteiger partial charge on any atom is -0.463 e. The van der Waals surface area contributed by atoms with E-state index >= 15 is 0 Å². The monoisotopic (exact) mass is 480 g/mol. The van der Waals surface area contributed by atoms with E-state index in [4.69, 9.17) is 14.2 Å². The van der Waals surface area contributed by atoms with Crippen LogP contribution in [0.1, 0.15) is 143 Å². The SMILES string of the molecule is CCCCCCCCOC1CCC(C2CCC(OC(C)COC(=O)CCCCCC)CC2)CC1. The van der Waals surface area contributed by atoms with E-state index in [1.165, 1.54) is 89.9 Å². The topological polar surface area (TPSA) is 44.8 Å². The standard InChI is InChI=1S/C30H56O4/c1-4-6-8-10-11-13-23-32-28-19-15-26(16-20-28)27-17-21-29(22-18-27)34-25(3)24-33-30(31)14-12-9-7-5-2/h25-29H,4-24H2,1-3H3. The Balaban J connectivity index is 1.49. The van der Waals surface area contributed by atoms with Gasteiger partial charge in [0.1, 0.15) is 6.61 Å². The van der Waals surface area contributed by atoms with Crippen molar-refractivity contribution in [1.82, 2.24) is 0 Å². The van der Waals surface area contributed by atoms with Gasteiger partial charge in [0.25, 0.3) is 0 Å². The molecule has 2 rings (SSSR count). The van der Waals surface area contributed by atoms with Gasteiger partial charge in [0.15, 0.2) is 0 Å². The minimum absolute atomic E-state index is 0.000346. The molecule has 1 unspecified atom stereocenters. The Labute approximate surface area is 211 Å². The van der Waals surface area contributed by atoms with Crippen LogP contribution in [0.4, 0.5) is 0 Å². The van der Waals surface area contributed by atoms with Gasteiger partial charge in [0.05, 0.1) is 18.3 Å². The molecule has 0 aromatic heterocycles. The Bertz CT molecular complexity index is 492. The molecule has 4 heteroatoms. The zero-order valence-corrected chi connectivity index (χ0v) is 22.9. The third-order valence-electron chi connectivity index (χ3n) is 8.09. The van der Waals surface area contributed by atoms with Gasteiger partial charge in [-0.2, -0.15) is 0 Å². The number of carbonyl (C=O) groups excluding carboxylic acids is 1. The summed E-state index contributed by atoms with van der Waals surface area (Å²) >= 11 is 0. The smallest absolute Gasteiger partial charge is 0.305 e. The molecule has 34 heavy (non-hydrogen) atoms. The van der Waals surface area contributed by atoms with Crippen molar-refractivity contribution in [3.63, 3.8) is 0 Å². The lowest BCUT2D eigenvalue weighted by Crippen LogP contribution is -2.32. The van der Waals surface area contributed by atoms with Gasteiger partial charge < -0.3 is 14.2 Å². The van der Waals surface area contributed by atoms with E-state index in [2.05, 4.69) is 13.8 Å². The highest BCUT2D eigenvalue weighted by atomic mass is 16.6. The van der Waals surface area contributed by atoms with Crippen molar-refractivity contribution in [1.29, 1.82) is 0 Å². The first-order valence-corrected chi connectivity index (χ1v) is 15.0. The summed E-state index contributed by atoms with van der Waals surface area (Å²) in [4.78, 5) is 11.9. The molecule has 0 amide bonds. The van der Waals surface area contributed by atoms with E-state index in [-0.39, 0.29) is 12.1 Å². The first-order chi connectivity index (χ1) is 16.6. The Morgan fingerprint density at radius 1 is 0.706 bits per heavy atom. The molecule has 0 spiro atoms. The molecule has 0 saturated heterocycles. The van der Waals surface area contributed by atoms with Gasteiger partial charge in [-0.25, -0.2) is 0 Å². The van der Waals surface area contributed by atoms with Crippen LogP contribution in [0, 0.1) is 11.8 Å². The van der Waals surface area contributed by atoms with Crippen LogP contribution < -0.4 is 0 Å². The molecule has 2 saturated carbocycles. The van der Waals surface area contributed by atoms with E-state index in [9.17, 15) is 4.79 Å². The van der Waals surface area contributed by atoms with E-state index in [0.717, 1.165) is 44.1 Å². The second-order valence-corrected chi connectivity index (χ2v) is 11.2. The molecule has 2 aliphatic rings. The van der Waals surface area contributed by atoms with Gasteiger partial charge in [-0.1, -0.05) is 65.2 Å². The minimum atomic E-state index is -0.0678. The van der Waals surface area contributed by atoms with Crippen molar-refractivity contribution in [2.75, 3.05) is 13.2 Å². The van der Waals surface area contributed by atoms with Crippen LogP contribution >= 0.6 is 0 Å². The number of carbonyl (C=O) groups is 1. The van der Waals surface area contributed by atoms with E-state index in [1.807, 2.05) is 6.92 Å². The maximum atomic E-state index is 11.9. The summed E-state index contributed by atoms with van der Waals surface area (Å²) < 4.78 is 17.9. The number of hydrogen-bond donors (Lipinski definition) is 0. The Morgan fingerprint density at radius 3 is 1.85 bits per heavy atom. The Morgan fingerprint density at radius 2 is 1.24 bits per heavy atom. The summed E-state index contributed by atoms with van der Waals surface area (Å²) in [7, 11) is 0. The lowest BCUT2D eigenvalue weighted by molar-refractivity contribution is -0.150. The summed E-state index contributed by atoms with van der Waals surface area (Å²) in [6, 6.07) is 0. The fraction of sp³-hybridized carbons (Fsp3) is 0.967. The summed E-state index contributed by atoms with van der Waals surface area (Å²) in [5.74, 6) is 1.69. The largest absolute Gasteiger partial charge is 0.463 e. The van der Waals surface area contributed by atoms with Crippen LogP contribution in [0.2, 0.25) is 0 Å².